The summed E-state index contributed by atoms with van der Waals surface area (Å²) in [4.78, 5) is 11.5. The Balaban J connectivity index is 0.00000264. The highest BCUT2D eigenvalue weighted by atomic mass is 127. The maximum atomic E-state index is 5.26. The molecule has 1 aromatic heterocycles. The molecule has 1 N–H and O–H groups in total. The van der Waals surface area contributed by atoms with E-state index in [1.54, 1.807) is 0 Å². The van der Waals surface area contributed by atoms with Crippen molar-refractivity contribution in [3.63, 3.8) is 0 Å². The van der Waals surface area contributed by atoms with Crippen molar-refractivity contribution < 1.29 is 4.52 Å². The van der Waals surface area contributed by atoms with E-state index in [1.807, 2.05) is 0 Å². The highest BCUT2D eigenvalue weighted by Gasteiger charge is 2.30. The number of likely N-dealkylation sites (tertiary alicyclic amines) is 1. The molecule has 0 aliphatic carbocycles. The molecular formula is C16H30IN5O. The minimum Gasteiger partial charge on any atom is -0.357 e. The van der Waals surface area contributed by atoms with Gasteiger partial charge in [-0.15, -0.1) is 24.0 Å². The summed E-state index contributed by atoms with van der Waals surface area (Å²) in [7, 11) is 0. The van der Waals surface area contributed by atoms with Gasteiger partial charge in [0, 0.05) is 32.0 Å². The van der Waals surface area contributed by atoms with Gasteiger partial charge in [-0.3, -0.25) is 4.99 Å². The van der Waals surface area contributed by atoms with Gasteiger partial charge in [0.15, 0.2) is 11.8 Å². The van der Waals surface area contributed by atoms with E-state index in [2.05, 4.69) is 55.0 Å². The highest BCUT2D eigenvalue weighted by molar-refractivity contribution is 14.0. The Hall–Kier alpha value is -0.860. The van der Waals surface area contributed by atoms with Crippen molar-refractivity contribution in [1.29, 1.82) is 0 Å². The second kappa shape index (κ2) is 8.84. The molecule has 23 heavy (non-hydrogen) atoms. The fourth-order valence-corrected chi connectivity index (χ4v) is 2.58. The van der Waals surface area contributed by atoms with Crippen molar-refractivity contribution in [2.24, 2.45) is 10.4 Å². The van der Waals surface area contributed by atoms with Crippen LogP contribution in [-0.4, -0.2) is 47.2 Å². The molecule has 0 unspecified atom stereocenters. The zero-order chi connectivity index (χ0) is 16.2. The normalized spacial score (nSPS) is 17.5. The summed E-state index contributed by atoms with van der Waals surface area (Å²) in [6.45, 7) is 14.5. The van der Waals surface area contributed by atoms with Crippen LogP contribution < -0.4 is 5.32 Å². The SMILES string of the molecule is CCNC(=NCCc1nc(C(C)C)no1)N1CCC(C)(C)C1.I. The average Bonchev–Trinajstić information content (AvgIpc) is 3.04. The largest absolute Gasteiger partial charge is 0.357 e. The van der Waals surface area contributed by atoms with Crippen LogP contribution in [-0.2, 0) is 6.42 Å². The first-order chi connectivity index (χ1) is 10.4. The number of hydrogen-bond donors (Lipinski definition) is 1. The molecule has 7 heteroatoms. The van der Waals surface area contributed by atoms with E-state index in [0.717, 1.165) is 31.4 Å². The second-order valence-electron chi connectivity index (χ2n) is 7.02. The van der Waals surface area contributed by atoms with Crippen molar-refractivity contribution in [3.8, 4) is 0 Å². The van der Waals surface area contributed by atoms with Gasteiger partial charge >= 0.3 is 0 Å². The molecule has 132 valence electrons. The molecule has 1 saturated heterocycles. The van der Waals surface area contributed by atoms with Gasteiger partial charge in [-0.25, -0.2) is 0 Å². The third-order valence-corrected chi connectivity index (χ3v) is 3.90. The number of halogens is 1. The van der Waals surface area contributed by atoms with E-state index in [1.165, 1.54) is 6.42 Å². The Morgan fingerprint density at radius 1 is 1.43 bits per heavy atom. The molecule has 2 heterocycles. The van der Waals surface area contributed by atoms with E-state index in [4.69, 9.17) is 9.52 Å². The second-order valence-corrected chi connectivity index (χ2v) is 7.02. The highest BCUT2D eigenvalue weighted by Crippen LogP contribution is 2.28. The van der Waals surface area contributed by atoms with Crippen LogP contribution in [0.15, 0.2) is 9.52 Å². The molecule has 0 amide bonds. The lowest BCUT2D eigenvalue weighted by Gasteiger charge is -2.23. The fraction of sp³-hybridized carbons (Fsp3) is 0.812. The van der Waals surface area contributed by atoms with Crippen LogP contribution in [0.3, 0.4) is 0 Å². The number of rotatable bonds is 5. The third-order valence-electron chi connectivity index (χ3n) is 3.90. The predicted molar refractivity (Wildman–Crippen MR) is 103 cm³/mol. The zero-order valence-electron chi connectivity index (χ0n) is 14.9. The lowest BCUT2D eigenvalue weighted by molar-refractivity contribution is 0.367. The molecule has 0 spiro atoms. The Kier molecular flexibility index (Phi) is 7.76. The molecule has 1 aliphatic rings. The number of aromatic nitrogens is 2. The molecule has 0 bridgehead atoms. The van der Waals surface area contributed by atoms with Gasteiger partial charge in [-0.1, -0.05) is 32.9 Å². The van der Waals surface area contributed by atoms with Crippen LogP contribution in [0.5, 0.6) is 0 Å². The molecule has 0 saturated carbocycles. The maximum Gasteiger partial charge on any atom is 0.228 e. The molecular weight excluding hydrogens is 405 g/mol. The van der Waals surface area contributed by atoms with Gasteiger partial charge in [0.2, 0.25) is 5.89 Å². The summed E-state index contributed by atoms with van der Waals surface area (Å²) in [5, 5.41) is 7.37. The van der Waals surface area contributed by atoms with E-state index in [-0.39, 0.29) is 24.0 Å². The smallest absolute Gasteiger partial charge is 0.228 e. The number of guanidine groups is 1. The van der Waals surface area contributed by atoms with Crippen molar-refractivity contribution in [3.05, 3.63) is 11.7 Å². The van der Waals surface area contributed by atoms with Gasteiger partial charge in [-0.05, 0) is 18.8 Å². The first-order valence-electron chi connectivity index (χ1n) is 8.27. The van der Waals surface area contributed by atoms with Crippen LogP contribution in [0, 0.1) is 5.41 Å². The van der Waals surface area contributed by atoms with Crippen LogP contribution in [0.1, 0.15) is 58.7 Å². The Labute approximate surface area is 156 Å². The van der Waals surface area contributed by atoms with Gasteiger partial charge in [-0.2, -0.15) is 4.98 Å². The number of hydrogen-bond acceptors (Lipinski definition) is 4. The fourth-order valence-electron chi connectivity index (χ4n) is 2.58. The van der Waals surface area contributed by atoms with Crippen LogP contribution in [0.2, 0.25) is 0 Å². The Bertz CT molecular complexity index is 512. The Morgan fingerprint density at radius 2 is 2.17 bits per heavy atom. The van der Waals surface area contributed by atoms with Crippen molar-refractivity contribution in [2.45, 2.75) is 53.4 Å². The van der Waals surface area contributed by atoms with E-state index >= 15 is 0 Å². The van der Waals surface area contributed by atoms with Crippen molar-refractivity contribution in [1.82, 2.24) is 20.4 Å². The minimum atomic E-state index is 0. The molecule has 0 atom stereocenters. The summed E-state index contributed by atoms with van der Waals surface area (Å²) in [5.41, 5.74) is 0.370. The van der Waals surface area contributed by atoms with Crippen molar-refractivity contribution in [2.75, 3.05) is 26.2 Å². The maximum absolute atomic E-state index is 5.26. The van der Waals surface area contributed by atoms with Gasteiger partial charge < -0.3 is 14.7 Å². The summed E-state index contributed by atoms with van der Waals surface area (Å²) in [6, 6.07) is 0. The van der Waals surface area contributed by atoms with E-state index in [9.17, 15) is 0 Å². The number of nitrogens with zero attached hydrogens (tertiary/aromatic N) is 4. The monoisotopic (exact) mass is 435 g/mol. The summed E-state index contributed by atoms with van der Waals surface area (Å²) in [6.07, 6.45) is 1.89. The molecule has 0 aromatic carbocycles. The van der Waals surface area contributed by atoms with Crippen LogP contribution >= 0.6 is 24.0 Å². The lowest BCUT2D eigenvalue weighted by Crippen LogP contribution is -2.40. The average molecular weight is 435 g/mol. The van der Waals surface area contributed by atoms with Gasteiger partial charge in [0.25, 0.3) is 0 Å². The molecule has 0 radical (unpaired) electrons. The molecule has 1 aliphatic heterocycles. The van der Waals surface area contributed by atoms with Crippen molar-refractivity contribution >= 4 is 29.9 Å². The first kappa shape index (κ1) is 20.2. The number of aliphatic imine (C=N–C) groups is 1. The summed E-state index contributed by atoms with van der Waals surface area (Å²) >= 11 is 0. The quantitative estimate of drug-likeness (QED) is 0.438. The van der Waals surface area contributed by atoms with E-state index in [0.29, 0.717) is 30.2 Å². The predicted octanol–water partition coefficient (Wildman–Crippen LogP) is 3.05. The first-order valence-corrected chi connectivity index (χ1v) is 8.27. The summed E-state index contributed by atoms with van der Waals surface area (Å²) < 4.78 is 5.26. The third kappa shape index (κ3) is 5.93. The number of nitrogens with one attached hydrogen (secondary N) is 1. The van der Waals surface area contributed by atoms with Gasteiger partial charge in [0.1, 0.15) is 0 Å². The Morgan fingerprint density at radius 3 is 2.70 bits per heavy atom. The summed E-state index contributed by atoms with van der Waals surface area (Å²) in [5.74, 6) is 2.74. The molecule has 2 rings (SSSR count). The minimum absolute atomic E-state index is 0. The zero-order valence-corrected chi connectivity index (χ0v) is 17.3. The van der Waals surface area contributed by atoms with E-state index < -0.39 is 0 Å². The topological polar surface area (TPSA) is 66.5 Å². The van der Waals surface area contributed by atoms with Crippen LogP contribution in [0.25, 0.3) is 0 Å². The molecule has 1 fully saturated rings. The van der Waals surface area contributed by atoms with Crippen LogP contribution in [0.4, 0.5) is 0 Å². The lowest BCUT2D eigenvalue weighted by atomic mass is 9.93. The molecule has 1 aromatic rings. The standard InChI is InChI=1S/C16H29N5O.HI/c1-6-17-15(21-10-8-16(4,5)11-21)18-9-7-13-19-14(12(2)3)20-22-13;/h12H,6-11H2,1-5H3,(H,17,18);1H. The molecule has 6 nitrogen and oxygen atoms in total. The van der Waals surface area contributed by atoms with Gasteiger partial charge in [0.05, 0.1) is 6.54 Å².